The molecule has 19 heavy (non-hydrogen) atoms. The van der Waals surface area contributed by atoms with E-state index in [4.69, 9.17) is 7.85 Å². The average molecular weight is 258 g/mol. The van der Waals surface area contributed by atoms with Gasteiger partial charge in [0, 0.05) is 0 Å². The maximum Gasteiger partial charge on any atom is 0.113 e. The van der Waals surface area contributed by atoms with Crippen molar-refractivity contribution in [2.75, 3.05) is 0 Å². The van der Waals surface area contributed by atoms with Crippen molar-refractivity contribution >= 4 is 13.3 Å². The molecule has 1 aliphatic rings. The fraction of sp³-hybridized carbons (Fsp3) is 0.667. The summed E-state index contributed by atoms with van der Waals surface area (Å²) < 4.78 is 0. The second kappa shape index (κ2) is 8.45. The Labute approximate surface area is 122 Å². The monoisotopic (exact) mass is 258 g/mol. The van der Waals surface area contributed by atoms with E-state index in [1.54, 1.807) is 0 Å². The summed E-state index contributed by atoms with van der Waals surface area (Å²) in [7, 11) is 5.90. The van der Waals surface area contributed by atoms with Crippen LogP contribution in [0.5, 0.6) is 0 Å². The van der Waals surface area contributed by atoms with Gasteiger partial charge in [-0.3, -0.25) is 0 Å². The quantitative estimate of drug-likeness (QED) is 0.636. The van der Waals surface area contributed by atoms with Gasteiger partial charge in [0.2, 0.25) is 0 Å². The molecule has 0 amide bonds. The van der Waals surface area contributed by atoms with Crippen molar-refractivity contribution in [3.63, 3.8) is 0 Å². The van der Waals surface area contributed by atoms with E-state index in [0.717, 1.165) is 5.46 Å². The maximum atomic E-state index is 5.90. The molecule has 0 aliphatic heterocycles. The lowest BCUT2D eigenvalue weighted by Gasteiger charge is -2.40. The van der Waals surface area contributed by atoms with E-state index in [1.165, 1.54) is 30.4 Å². The number of rotatable bonds is 1. The number of benzene rings is 1. The molecule has 0 fully saturated rings. The summed E-state index contributed by atoms with van der Waals surface area (Å²) in [6, 6.07) is 6.43. The summed E-state index contributed by atoms with van der Waals surface area (Å²) in [5.41, 5.74) is 4.22. The van der Waals surface area contributed by atoms with Crippen LogP contribution in [0.15, 0.2) is 18.2 Å². The van der Waals surface area contributed by atoms with Crippen LogP contribution in [-0.2, 0) is 11.8 Å². The molecule has 1 atom stereocenters. The van der Waals surface area contributed by atoms with Crippen molar-refractivity contribution < 1.29 is 0 Å². The number of fused-ring (bicyclic) bond motifs is 1. The predicted octanol–water partition coefficient (Wildman–Crippen LogP) is 4.78. The molecule has 1 aromatic rings. The Morgan fingerprint density at radius 3 is 2.21 bits per heavy atom. The molecule has 1 unspecified atom stereocenters. The number of aryl methyl sites for hydroxylation is 1. The molecule has 0 N–H and O–H groups in total. The highest BCUT2D eigenvalue weighted by Gasteiger charge is 2.34. The summed E-state index contributed by atoms with van der Waals surface area (Å²) in [6.07, 6.45) is 3.82. The van der Waals surface area contributed by atoms with Gasteiger partial charge in [-0.2, -0.15) is 0 Å². The third-order valence-corrected chi connectivity index (χ3v) is 4.17. The summed E-state index contributed by atoms with van der Waals surface area (Å²) >= 11 is 0. The first kappa shape index (κ1) is 18.3. The molecular weight excluding hydrogens is 227 g/mol. The molecule has 1 aliphatic carbocycles. The van der Waals surface area contributed by atoms with E-state index >= 15 is 0 Å². The van der Waals surface area contributed by atoms with Gasteiger partial charge in [0.15, 0.2) is 0 Å². The lowest BCUT2D eigenvalue weighted by atomic mass is 9.64. The molecule has 2 rings (SSSR count). The van der Waals surface area contributed by atoms with Crippen LogP contribution in [0.2, 0.25) is 0 Å². The minimum atomic E-state index is 0.322. The van der Waals surface area contributed by atoms with E-state index in [0.29, 0.717) is 11.3 Å². The molecule has 106 valence electrons. The fourth-order valence-corrected chi connectivity index (χ4v) is 2.72. The Balaban J connectivity index is 0.000000741. The van der Waals surface area contributed by atoms with Gasteiger partial charge in [0.1, 0.15) is 7.85 Å². The van der Waals surface area contributed by atoms with Crippen molar-refractivity contribution in [2.24, 2.45) is 5.92 Å². The number of hydrogen-bond donors (Lipinski definition) is 0. The van der Waals surface area contributed by atoms with Crippen LogP contribution >= 0.6 is 0 Å². The zero-order chi connectivity index (χ0) is 15.1. The van der Waals surface area contributed by atoms with Crippen LogP contribution in [0.3, 0.4) is 0 Å². The molecular formula is C18H31B. The van der Waals surface area contributed by atoms with E-state index in [9.17, 15) is 0 Å². The van der Waals surface area contributed by atoms with Gasteiger partial charge < -0.3 is 0 Å². The summed E-state index contributed by atoms with van der Waals surface area (Å²) in [6.45, 7) is 15.0. The predicted molar refractivity (Wildman–Crippen MR) is 89.7 cm³/mol. The lowest BCUT2D eigenvalue weighted by Crippen LogP contribution is -2.34. The normalized spacial score (nSPS) is 20.6. The van der Waals surface area contributed by atoms with Crippen molar-refractivity contribution in [3.05, 3.63) is 29.3 Å². The smallest absolute Gasteiger partial charge is 0.0964 e. The zero-order valence-electron chi connectivity index (χ0n) is 14.0. The molecule has 0 spiro atoms. The first-order valence-corrected chi connectivity index (χ1v) is 7.93. The molecule has 0 saturated heterocycles. The minimum absolute atomic E-state index is 0.322. The standard InChI is InChI=1S/C14H19B.2C2H6/c1-10(2)14(3)8-4-5-11-6-7-12(15)9-13(11)14;2*1-2/h6-7,9-10H,4-5,8H2,1-3H3;2*1-2H3. The Morgan fingerprint density at radius 1 is 1.11 bits per heavy atom. The van der Waals surface area contributed by atoms with Crippen molar-refractivity contribution in [1.82, 2.24) is 0 Å². The highest BCUT2D eigenvalue weighted by atomic mass is 14.4. The van der Waals surface area contributed by atoms with Crippen LogP contribution in [0.1, 0.15) is 72.4 Å². The van der Waals surface area contributed by atoms with Crippen molar-refractivity contribution in [1.29, 1.82) is 0 Å². The van der Waals surface area contributed by atoms with Gasteiger partial charge in [0.05, 0.1) is 0 Å². The van der Waals surface area contributed by atoms with E-state index in [-0.39, 0.29) is 0 Å². The Hall–Kier alpha value is -0.715. The van der Waals surface area contributed by atoms with Gasteiger partial charge in [-0.15, -0.1) is 0 Å². The van der Waals surface area contributed by atoms with Gasteiger partial charge in [-0.05, 0) is 41.7 Å². The lowest BCUT2D eigenvalue weighted by molar-refractivity contribution is 0.290. The molecule has 0 aromatic heterocycles. The Kier molecular flexibility index (Phi) is 8.14. The van der Waals surface area contributed by atoms with Gasteiger partial charge >= 0.3 is 0 Å². The minimum Gasteiger partial charge on any atom is -0.0964 e. The van der Waals surface area contributed by atoms with E-state index in [2.05, 4.69) is 32.9 Å². The zero-order valence-corrected chi connectivity index (χ0v) is 14.0. The fourth-order valence-electron chi connectivity index (χ4n) is 2.72. The van der Waals surface area contributed by atoms with Crippen molar-refractivity contribution in [2.45, 2.75) is 73.1 Å². The van der Waals surface area contributed by atoms with Crippen LogP contribution in [0.4, 0.5) is 0 Å². The Bertz CT molecular complexity index is 368. The number of hydrogen-bond acceptors (Lipinski definition) is 0. The second-order valence-corrected chi connectivity index (χ2v) is 5.34. The highest BCUT2D eigenvalue weighted by molar-refractivity contribution is 6.32. The van der Waals surface area contributed by atoms with Gasteiger partial charge in [-0.1, -0.05) is 72.1 Å². The first-order chi connectivity index (χ1) is 9.04. The topological polar surface area (TPSA) is 0 Å². The third kappa shape index (κ3) is 4.13. The van der Waals surface area contributed by atoms with Gasteiger partial charge in [-0.25, -0.2) is 0 Å². The molecule has 0 saturated carbocycles. The molecule has 0 bridgehead atoms. The van der Waals surface area contributed by atoms with Crippen molar-refractivity contribution in [3.8, 4) is 0 Å². The molecule has 1 heteroatoms. The molecule has 0 heterocycles. The van der Waals surface area contributed by atoms with Crippen LogP contribution in [-0.4, -0.2) is 7.85 Å². The molecule has 1 aromatic carbocycles. The highest BCUT2D eigenvalue weighted by Crippen LogP contribution is 2.41. The maximum absolute atomic E-state index is 5.90. The first-order valence-electron chi connectivity index (χ1n) is 7.93. The van der Waals surface area contributed by atoms with Crippen LogP contribution in [0.25, 0.3) is 0 Å². The van der Waals surface area contributed by atoms with Crippen LogP contribution < -0.4 is 5.46 Å². The SMILES string of the molecule is CC.CC.[B]c1ccc2c(c1)C(C)(C(C)C)CCC2. The summed E-state index contributed by atoms with van der Waals surface area (Å²) in [5, 5.41) is 0. The largest absolute Gasteiger partial charge is 0.113 e. The Morgan fingerprint density at radius 2 is 1.68 bits per heavy atom. The van der Waals surface area contributed by atoms with Gasteiger partial charge in [0.25, 0.3) is 0 Å². The second-order valence-electron chi connectivity index (χ2n) is 5.34. The summed E-state index contributed by atoms with van der Waals surface area (Å²) in [4.78, 5) is 0. The molecule has 0 nitrogen and oxygen atoms in total. The average Bonchev–Trinajstić information content (AvgIpc) is 2.44. The van der Waals surface area contributed by atoms with E-state index < -0.39 is 0 Å². The van der Waals surface area contributed by atoms with Crippen LogP contribution in [0, 0.1) is 5.92 Å². The van der Waals surface area contributed by atoms with E-state index in [1.807, 2.05) is 33.8 Å². The molecule has 2 radical (unpaired) electrons. The third-order valence-electron chi connectivity index (χ3n) is 4.17. The summed E-state index contributed by atoms with van der Waals surface area (Å²) in [5.74, 6) is 0.679.